The number of carbonyl (C=O) groups excluding carboxylic acids is 1. The molecular weight excluding hydrogens is 338 g/mol. The SMILES string of the molecule is C#Cc1ccc(N=CC(C(=O)OCC)=C(O)c2ccccc2Cl)cc1. The molecule has 5 heteroatoms. The number of carbonyl (C=O) groups is 1. The smallest absolute Gasteiger partial charge is 0.343 e. The van der Waals surface area contributed by atoms with E-state index in [9.17, 15) is 9.90 Å². The Morgan fingerprint density at radius 1 is 1.28 bits per heavy atom. The van der Waals surface area contributed by atoms with Crippen LogP contribution in [0.1, 0.15) is 18.1 Å². The van der Waals surface area contributed by atoms with E-state index in [1.165, 1.54) is 6.21 Å². The molecule has 0 atom stereocenters. The monoisotopic (exact) mass is 353 g/mol. The zero-order valence-electron chi connectivity index (χ0n) is 13.6. The summed E-state index contributed by atoms with van der Waals surface area (Å²) in [6.07, 6.45) is 6.56. The highest BCUT2D eigenvalue weighted by Crippen LogP contribution is 2.25. The predicted octanol–water partition coefficient (Wildman–Crippen LogP) is 4.56. The van der Waals surface area contributed by atoms with Gasteiger partial charge in [0.1, 0.15) is 11.3 Å². The Hall–Kier alpha value is -3.03. The van der Waals surface area contributed by atoms with Crippen LogP contribution in [0, 0.1) is 12.3 Å². The van der Waals surface area contributed by atoms with Crippen LogP contribution in [-0.2, 0) is 9.53 Å². The fourth-order valence-corrected chi connectivity index (χ4v) is 2.23. The maximum atomic E-state index is 12.2. The largest absolute Gasteiger partial charge is 0.506 e. The molecule has 0 bridgehead atoms. The third-order valence-electron chi connectivity index (χ3n) is 3.26. The summed E-state index contributed by atoms with van der Waals surface area (Å²) >= 11 is 6.09. The minimum Gasteiger partial charge on any atom is -0.506 e. The van der Waals surface area contributed by atoms with Gasteiger partial charge in [-0.2, -0.15) is 0 Å². The summed E-state index contributed by atoms with van der Waals surface area (Å²) in [5.74, 6) is 1.52. The van der Waals surface area contributed by atoms with Crippen LogP contribution < -0.4 is 0 Å². The van der Waals surface area contributed by atoms with Crippen molar-refractivity contribution in [3.63, 3.8) is 0 Å². The van der Waals surface area contributed by atoms with E-state index in [4.69, 9.17) is 22.8 Å². The second-order valence-corrected chi connectivity index (χ2v) is 5.32. The molecule has 126 valence electrons. The number of rotatable bonds is 5. The molecule has 0 unspecified atom stereocenters. The molecule has 25 heavy (non-hydrogen) atoms. The first-order valence-corrected chi connectivity index (χ1v) is 7.90. The van der Waals surface area contributed by atoms with Gasteiger partial charge in [-0.15, -0.1) is 6.42 Å². The van der Waals surface area contributed by atoms with Crippen molar-refractivity contribution in [1.29, 1.82) is 0 Å². The molecular formula is C20H16ClNO3. The number of ether oxygens (including phenoxy) is 1. The van der Waals surface area contributed by atoms with Crippen molar-refractivity contribution in [2.75, 3.05) is 6.61 Å². The lowest BCUT2D eigenvalue weighted by atomic mass is 10.1. The van der Waals surface area contributed by atoms with Crippen LogP contribution in [0.2, 0.25) is 5.02 Å². The van der Waals surface area contributed by atoms with Crippen molar-refractivity contribution in [2.24, 2.45) is 4.99 Å². The molecule has 0 spiro atoms. The molecule has 0 aliphatic rings. The minimum atomic E-state index is -0.691. The van der Waals surface area contributed by atoms with Crippen LogP contribution >= 0.6 is 11.6 Å². The molecule has 0 fully saturated rings. The van der Waals surface area contributed by atoms with Gasteiger partial charge in [0.2, 0.25) is 0 Å². The van der Waals surface area contributed by atoms with Gasteiger partial charge in [0.25, 0.3) is 0 Å². The van der Waals surface area contributed by atoms with Gasteiger partial charge in [-0.25, -0.2) is 4.79 Å². The summed E-state index contributed by atoms with van der Waals surface area (Å²) < 4.78 is 4.99. The van der Waals surface area contributed by atoms with E-state index in [1.807, 2.05) is 0 Å². The Bertz CT molecular complexity index is 861. The first-order valence-electron chi connectivity index (χ1n) is 7.52. The molecule has 2 aromatic rings. The van der Waals surface area contributed by atoms with Crippen molar-refractivity contribution in [3.05, 3.63) is 70.3 Å². The van der Waals surface area contributed by atoms with Crippen LogP contribution in [0.15, 0.2) is 59.1 Å². The van der Waals surface area contributed by atoms with Crippen molar-refractivity contribution in [1.82, 2.24) is 0 Å². The van der Waals surface area contributed by atoms with Crippen molar-refractivity contribution < 1.29 is 14.6 Å². The Morgan fingerprint density at radius 2 is 1.96 bits per heavy atom. The lowest BCUT2D eigenvalue weighted by Gasteiger charge is -2.08. The Balaban J connectivity index is 2.44. The van der Waals surface area contributed by atoms with Crippen LogP contribution in [0.3, 0.4) is 0 Å². The van der Waals surface area contributed by atoms with Gasteiger partial charge in [-0.3, -0.25) is 4.99 Å². The number of hydrogen-bond acceptors (Lipinski definition) is 4. The molecule has 4 nitrogen and oxygen atoms in total. The Morgan fingerprint density at radius 3 is 2.56 bits per heavy atom. The highest BCUT2D eigenvalue weighted by molar-refractivity contribution is 6.32. The third kappa shape index (κ3) is 4.72. The van der Waals surface area contributed by atoms with Crippen molar-refractivity contribution in [2.45, 2.75) is 6.92 Å². The van der Waals surface area contributed by atoms with Crippen LogP contribution in [0.25, 0.3) is 5.76 Å². The molecule has 0 aliphatic heterocycles. The van der Waals surface area contributed by atoms with Gasteiger partial charge in [0, 0.05) is 17.3 Å². The van der Waals surface area contributed by atoms with Gasteiger partial charge in [0.15, 0.2) is 0 Å². The van der Waals surface area contributed by atoms with Gasteiger partial charge < -0.3 is 9.84 Å². The standard InChI is InChI=1S/C20H16ClNO3/c1-3-14-9-11-15(12-10-14)22-13-17(20(24)25-4-2)19(23)16-7-5-6-8-18(16)21/h1,5-13,23H,4H2,2H3. The van der Waals surface area contributed by atoms with Crippen LogP contribution in [0.4, 0.5) is 5.69 Å². The topological polar surface area (TPSA) is 58.9 Å². The summed E-state index contributed by atoms with van der Waals surface area (Å²) in [7, 11) is 0. The first kappa shape index (κ1) is 18.3. The molecule has 2 rings (SSSR count). The molecule has 0 saturated heterocycles. The lowest BCUT2D eigenvalue weighted by molar-refractivity contribution is -0.137. The number of nitrogens with zero attached hydrogens (tertiary/aromatic N) is 1. The maximum Gasteiger partial charge on any atom is 0.343 e. The molecule has 0 aliphatic carbocycles. The molecule has 0 saturated carbocycles. The highest BCUT2D eigenvalue weighted by atomic mass is 35.5. The van der Waals surface area contributed by atoms with Gasteiger partial charge >= 0.3 is 5.97 Å². The summed E-state index contributed by atoms with van der Waals surface area (Å²) in [4.78, 5) is 16.4. The fraction of sp³-hybridized carbons (Fsp3) is 0.100. The zero-order chi connectivity index (χ0) is 18.2. The number of aliphatic hydroxyl groups is 1. The number of esters is 1. The van der Waals surface area contributed by atoms with E-state index in [2.05, 4.69) is 10.9 Å². The minimum absolute atomic E-state index is 0.0871. The molecule has 0 radical (unpaired) electrons. The second-order valence-electron chi connectivity index (χ2n) is 4.91. The molecule has 0 aromatic heterocycles. The number of benzene rings is 2. The van der Waals surface area contributed by atoms with E-state index < -0.39 is 5.97 Å². The summed E-state index contributed by atoms with van der Waals surface area (Å²) in [5, 5.41) is 10.8. The quantitative estimate of drug-likeness (QED) is 0.282. The summed E-state index contributed by atoms with van der Waals surface area (Å²) in [6, 6.07) is 13.5. The summed E-state index contributed by atoms with van der Waals surface area (Å²) in [5.41, 5.74) is 1.53. The van der Waals surface area contributed by atoms with Crippen LogP contribution in [0.5, 0.6) is 0 Å². The van der Waals surface area contributed by atoms with E-state index in [-0.39, 0.29) is 17.9 Å². The molecule has 0 heterocycles. The fourth-order valence-electron chi connectivity index (χ4n) is 2.00. The predicted molar refractivity (Wildman–Crippen MR) is 100 cm³/mol. The Labute approximate surface area is 151 Å². The van der Waals surface area contributed by atoms with Crippen LogP contribution in [-0.4, -0.2) is 23.9 Å². The van der Waals surface area contributed by atoms with Crippen molar-refractivity contribution >= 4 is 35.2 Å². The number of halogens is 1. The average Bonchev–Trinajstić information content (AvgIpc) is 2.63. The average molecular weight is 354 g/mol. The molecule has 2 aromatic carbocycles. The highest BCUT2D eigenvalue weighted by Gasteiger charge is 2.17. The lowest BCUT2D eigenvalue weighted by Crippen LogP contribution is -2.11. The summed E-state index contributed by atoms with van der Waals surface area (Å²) in [6.45, 7) is 1.85. The number of aliphatic imine (C=N–C) groups is 1. The number of hydrogen-bond donors (Lipinski definition) is 1. The van der Waals surface area contributed by atoms with E-state index in [1.54, 1.807) is 55.5 Å². The zero-order valence-corrected chi connectivity index (χ0v) is 14.3. The third-order valence-corrected chi connectivity index (χ3v) is 3.59. The van der Waals surface area contributed by atoms with Gasteiger partial charge in [-0.05, 0) is 43.3 Å². The normalized spacial score (nSPS) is 11.7. The van der Waals surface area contributed by atoms with Gasteiger partial charge in [-0.1, -0.05) is 29.7 Å². The maximum absolute atomic E-state index is 12.2. The van der Waals surface area contributed by atoms with E-state index >= 15 is 0 Å². The molecule has 1 N–H and O–H groups in total. The van der Waals surface area contributed by atoms with E-state index in [0.717, 1.165) is 5.56 Å². The molecule has 0 amide bonds. The Kier molecular flexibility index (Phi) is 6.39. The first-order chi connectivity index (χ1) is 12.1. The van der Waals surface area contributed by atoms with Crippen molar-refractivity contribution in [3.8, 4) is 12.3 Å². The number of aliphatic hydroxyl groups excluding tert-OH is 1. The van der Waals surface area contributed by atoms with E-state index in [0.29, 0.717) is 16.3 Å². The number of terminal acetylenes is 1. The second kappa shape index (κ2) is 8.72. The van der Waals surface area contributed by atoms with Gasteiger partial charge in [0.05, 0.1) is 17.3 Å².